The Morgan fingerprint density at radius 1 is 1.47 bits per heavy atom. The van der Waals surface area contributed by atoms with Gasteiger partial charge in [-0.1, -0.05) is 6.42 Å². The van der Waals surface area contributed by atoms with E-state index in [0.29, 0.717) is 5.92 Å². The molecule has 0 spiro atoms. The number of nitrogens with one attached hydrogen (secondary N) is 1. The molecule has 92 valence electrons. The lowest BCUT2D eigenvalue weighted by molar-refractivity contribution is 0.0742. The molecule has 3 atom stereocenters. The number of amides is 1. The Morgan fingerprint density at radius 2 is 2.35 bits per heavy atom. The smallest absolute Gasteiger partial charge is 0.295 e. The number of carbonyl (C=O) groups excluding carboxylic acids is 1. The number of fused-ring (bicyclic) bond motifs is 2. The van der Waals surface area contributed by atoms with Crippen LogP contribution in [-0.2, 0) is 0 Å². The van der Waals surface area contributed by atoms with E-state index in [4.69, 9.17) is 0 Å². The molecule has 3 unspecified atom stereocenters. The van der Waals surface area contributed by atoms with E-state index < -0.39 is 0 Å². The summed E-state index contributed by atoms with van der Waals surface area (Å²) in [5.41, 5.74) is 0. The molecule has 0 aliphatic heterocycles. The van der Waals surface area contributed by atoms with Crippen molar-refractivity contribution in [3.8, 4) is 0 Å². The molecule has 2 fully saturated rings. The van der Waals surface area contributed by atoms with E-state index in [1.54, 1.807) is 4.90 Å². The van der Waals surface area contributed by atoms with Gasteiger partial charge in [0.1, 0.15) is 0 Å². The number of hydrogen-bond acceptors (Lipinski definition) is 4. The Morgan fingerprint density at radius 3 is 2.94 bits per heavy atom. The van der Waals surface area contributed by atoms with Gasteiger partial charge in [-0.2, -0.15) is 5.21 Å². The molecule has 2 aliphatic carbocycles. The molecule has 0 aromatic carbocycles. The van der Waals surface area contributed by atoms with E-state index in [0.717, 1.165) is 18.4 Å². The molecule has 1 amide bonds. The van der Waals surface area contributed by atoms with Crippen molar-refractivity contribution in [3.05, 3.63) is 5.82 Å². The van der Waals surface area contributed by atoms with Crippen molar-refractivity contribution >= 4 is 5.91 Å². The Kier molecular flexibility index (Phi) is 2.57. The Balaban J connectivity index is 1.60. The van der Waals surface area contributed by atoms with Crippen LogP contribution in [0.5, 0.6) is 0 Å². The maximum atomic E-state index is 11.9. The van der Waals surface area contributed by atoms with Gasteiger partial charge in [0, 0.05) is 13.6 Å². The largest absolute Gasteiger partial charge is 0.339 e. The molecule has 1 N–H and O–H groups in total. The summed E-state index contributed by atoms with van der Waals surface area (Å²) in [7, 11) is 1.82. The van der Waals surface area contributed by atoms with Gasteiger partial charge in [-0.3, -0.25) is 4.79 Å². The number of rotatable bonds is 3. The normalized spacial score (nSPS) is 30.8. The number of aromatic amines is 1. The predicted octanol–water partition coefficient (Wildman–Crippen LogP) is 0.708. The maximum absolute atomic E-state index is 11.9. The van der Waals surface area contributed by atoms with Crippen LogP contribution in [0.1, 0.15) is 36.3 Å². The van der Waals surface area contributed by atoms with E-state index in [-0.39, 0.29) is 11.7 Å². The third-order valence-corrected chi connectivity index (χ3v) is 4.28. The molecular weight excluding hydrogens is 218 g/mol. The molecule has 6 nitrogen and oxygen atoms in total. The predicted molar refractivity (Wildman–Crippen MR) is 60.1 cm³/mol. The fourth-order valence-electron chi connectivity index (χ4n) is 3.46. The van der Waals surface area contributed by atoms with Gasteiger partial charge in [-0.15, -0.1) is 10.2 Å². The highest BCUT2D eigenvalue weighted by Gasteiger charge is 2.40. The lowest BCUT2D eigenvalue weighted by atomic mass is 9.88. The minimum absolute atomic E-state index is 0.137. The molecule has 2 saturated carbocycles. The summed E-state index contributed by atoms with van der Waals surface area (Å²) in [6, 6.07) is 0. The molecule has 17 heavy (non-hydrogen) atoms. The monoisotopic (exact) mass is 235 g/mol. The topological polar surface area (TPSA) is 74.8 Å². The van der Waals surface area contributed by atoms with Crippen molar-refractivity contribution in [3.63, 3.8) is 0 Å². The van der Waals surface area contributed by atoms with Crippen LogP contribution in [0.25, 0.3) is 0 Å². The number of nitrogens with zero attached hydrogens (tertiary/aromatic N) is 4. The van der Waals surface area contributed by atoms with Crippen molar-refractivity contribution in [2.45, 2.75) is 25.7 Å². The molecule has 3 rings (SSSR count). The fourth-order valence-corrected chi connectivity index (χ4v) is 3.46. The first-order chi connectivity index (χ1) is 8.24. The van der Waals surface area contributed by atoms with Gasteiger partial charge in [0.05, 0.1) is 0 Å². The first-order valence-corrected chi connectivity index (χ1v) is 6.23. The van der Waals surface area contributed by atoms with Gasteiger partial charge in [0.25, 0.3) is 11.7 Å². The Bertz CT molecular complexity index is 404. The van der Waals surface area contributed by atoms with Crippen LogP contribution in [0.2, 0.25) is 0 Å². The van der Waals surface area contributed by atoms with Crippen LogP contribution in [0.3, 0.4) is 0 Å². The average molecular weight is 235 g/mol. The van der Waals surface area contributed by atoms with E-state index >= 15 is 0 Å². The highest BCUT2D eigenvalue weighted by Crippen LogP contribution is 2.48. The highest BCUT2D eigenvalue weighted by atomic mass is 16.2. The minimum atomic E-state index is -0.137. The number of carbonyl (C=O) groups is 1. The van der Waals surface area contributed by atoms with E-state index in [2.05, 4.69) is 20.6 Å². The van der Waals surface area contributed by atoms with E-state index in [1.165, 1.54) is 25.7 Å². The number of hydrogen-bond donors (Lipinski definition) is 1. The number of H-pyrrole nitrogens is 1. The molecule has 1 heterocycles. The van der Waals surface area contributed by atoms with Crippen LogP contribution < -0.4 is 0 Å². The zero-order valence-electron chi connectivity index (χ0n) is 9.96. The Labute approximate surface area is 99.8 Å². The van der Waals surface area contributed by atoms with Crippen molar-refractivity contribution in [1.82, 2.24) is 25.5 Å². The maximum Gasteiger partial charge on any atom is 0.295 e. The average Bonchev–Trinajstić information content (AvgIpc) is 3.04. The lowest BCUT2D eigenvalue weighted by Gasteiger charge is -2.26. The lowest BCUT2D eigenvalue weighted by Crippen LogP contribution is -2.34. The summed E-state index contributed by atoms with van der Waals surface area (Å²) in [5.74, 6) is 2.45. The Hall–Kier alpha value is -1.46. The van der Waals surface area contributed by atoms with Crippen LogP contribution in [-0.4, -0.2) is 45.0 Å². The number of tetrazole rings is 1. The standard InChI is InChI=1S/C11H17N5O/c1-16(11(17)10-12-14-15-13-10)6-9-5-7-2-3-8(9)4-7/h7-9H,2-6H2,1H3,(H,12,13,14,15). The van der Waals surface area contributed by atoms with Gasteiger partial charge in [0.2, 0.25) is 0 Å². The second kappa shape index (κ2) is 4.09. The summed E-state index contributed by atoms with van der Waals surface area (Å²) >= 11 is 0. The van der Waals surface area contributed by atoms with Gasteiger partial charge < -0.3 is 4.90 Å². The quantitative estimate of drug-likeness (QED) is 0.837. The van der Waals surface area contributed by atoms with Crippen LogP contribution in [0, 0.1) is 17.8 Å². The van der Waals surface area contributed by atoms with E-state index in [9.17, 15) is 4.79 Å². The number of aromatic nitrogens is 4. The van der Waals surface area contributed by atoms with Gasteiger partial charge >= 0.3 is 0 Å². The van der Waals surface area contributed by atoms with Crippen molar-refractivity contribution in [2.75, 3.05) is 13.6 Å². The molecule has 1 aromatic rings. The third kappa shape index (κ3) is 1.92. The zero-order valence-corrected chi connectivity index (χ0v) is 9.96. The first kappa shape index (κ1) is 10.7. The van der Waals surface area contributed by atoms with Crippen molar-refractivity contribution < 1.29 is 4.79 Å². The SMILES string of the molecule is CN(CC1CC2CCC1C2)C(=O)c1nn[nH]n1. The summed E-state index contributed by atoms with van der Waals surface area (Å²) in [5, 5.41) is 13.2. The van der Waals surface area contributed by atoms with Crippen LogP contribution in [0.4, 0.5) is 0 Å². The van der Waals surface area contributed by atoms with Gasteiger partial charge in [-0.25, -0.2) is 0 Å². The van der Waals surface area contributed by atoms with Crippen LogP contribution in [0.15, 0.2) is 0 Å². The van der Waals surface area contributed by atoms with E-state index in [1.807, 2.05) is 7.05 Å². The van der Waals surface area contributed by atoms with Crippen molar-refractivity contribution in [1.29, 1.82) is 0 Å². The minimum Gasteiger partial charge on any atom is -0.339 e. The van der Waals surface area contributed by atoms with Crippen molar-refractivity contribution in [2.24, 2.45) is 17.8 Å². The van der Waals surface area contributed by atoms with Crippen LogP contribution >= 0.6 is 0 Å². The molecule has 0 radical (unpaired) electrons. The molecular formula is C11H17N5O. The summed E-state index contributed by atoms with van der Waals surface area (Å²) in [6.45, 7) is 0.828. The summed E-state index contributed by atoms with van der Waals surface area (Å²) < 4.78 is 0. The summed E-state index contributed by atoms with van der Waals surface area (Å²) in [4.78, 5) is 13.7. The summed E-state index contributed by atoms with van der Waals surface area (Å²) in [6.07, 6.45) is 5.40. The molecule has 2 aliphatic rings. The second-order valence-corrected chi connectivity index (χ2v) is 5.36. The van der Waals surface area contributed by atoms with Gasteiger partial charge in [0.15, 0.2) is 0 Å². The molecule has 2 bridgehead atoms. The van der Waals surface area contributed by atoms with Gasteiger partial charge in [-0.05, 0) is 42.2 Å². The molecule has 0 saturated heterocycles. The fraction of sp³-hybridized carbons (Fsp3) is 0.818. The second-order valence-electron chi connectivity index (χ2n) is 5.36. The first-order valence-electron chi connectivity index (χ1n) is 6.23. The molecule has 6 heteroatoms. The molecule has 1 aromatic heterocycles. The highest BCUT2D eigenvalue weighted by molar-refractivity contribution is 5.89. The zero-order chi connectivity index (χ0) is 11.8. The third-order valence-electron chi connectivity index (χ3n) is 4.28.